The molecule has 94 valence electrons. The van der Waals surface area contributed by atoms with Crippen molar-refractivity contribution >= 4 is 17.2 Å². The Hall–Kier alpha value is -1.88. The summed E-state index contributed by atoms with van der Waals surface area (Å²) < 4.78 is 0. The maximum Gasteiger partial charge on any atom is 0.251 e. The van der Waals surface area contributed by atoms with Crippen LogP contribution in [0.1, 0.15) is 25.7 Å². The Balaban J connectivity index is 2.02. The highest BCUT2D eigenvalue weighted by molar-refractivity contribution is 7.12. The molecule has 0 aliphatic heterocycles. The molecule has 0 aliphatic carbocycles. The highest BCUT2D eigenvalue weighted by Crippen LogP contribution is 2.20. The van der Waals surface area contributed by atoms with Gasteiger partial charge in [-0.1, -0.05) is 0 Å². The molecule has 0 fully saturated rings. The Morgan fingerprint density at radius 1 is 1.39 bits per heavy atom. The number of thiophene rings is 1. The predicted octanol–water partition coefficient (Wildman–Crippen LogP) is 1.98. The summed E-state index contributed by atoms with van der Waals surface area (Å²) >= 11 is 1.67. The van der Waals surface area contributed by atoms with Crippen molar-refractivity contribution in [2.45, 2.75) is 20.4 Å². The Bertz CT molecular complexity index is 608. The molecule has 2 rings (SSSR count). The molecule has 0 saturated carbocycles. The molecule has 0 aliphatic rings. The zero-order chi connectivity index (χ0) is 13.1. The van der Waals surface area contributed by atoms with E-state index in [4.69, 9.17) is 0 Å². The molecule has 2 aromatic heterocycles. The standard InChI is InChI=1S/C13H14N2O2S/c1-8-5-11(18-9(8)2)7-15-13(17)10-3-4-14-12(16)6-10/h3-6H,7H2,1-2H3,(H,14,16)(H,15,17). The van der Waals surface area contributed by atoms with E-state index < -0.39 is 0 Å². The first-order valence-corrected chi connectivity index (χ1v) is 6.41. The Labute approximate surface area is 109 Å². The number of pyridine rings is 1. The summed E-state index contributed by atoms with van der Waals surface area (Å²) in [6.45, 7) is 4.60. The third-order valence-corrected chi connectivity index (χ3v) is 3.83. The van der Waals surface area contributed by atoms with Crippen LogP contribution in [0.3, 0.4) is 0 Å². The third-order valence-electron chi connectivity index (χ3n) is 2.68. The fourth-order valence-electron chi connectivity index (χ4n) is 1.59. The van der Waals surface area contributed by atoms with Gasteiger partial charge < -0.3 is 10.3 Å². The topological polar surface area (TPSA) is 62.0 Å². The summed E-state index contributed by atoms with van der Waals surface area (Å²) in [5, 5.41) is 2.80. The number of carbonyl (C=O) groups excluding carboxylic acids is 1. The number of aryl methyl sites for hydroxylation is 2. The number of hydrogen-bond donors (Lipinski definition) is 2. The summed E-state index contributed by atoms with van der Waals surface area (Å²) in [7, 11) is 0. The number of nitrogens with one attached hydrogen (secondary N) is 2. The number of aromatic nitrogens is 1. The quantitative estimate of drug-likeness (QED) is 0.888. The molecule has 2 N–H and O–H groups in total. The lowest BCUT2D eigenvalue weighted by Crippen LogP contribution is -2.23. The second-order valence-electron chi connectivity index (χ2n) is 4.08. The van der Waals surface area contributed by atoms with E-state index in [1.807, 2.05) is 6.92 Å². The lowest BCUT2D eigenvalue weighted by Gasteiger charge is -2.02. The van der Waals surface area contributed by atoms with E-state index in [0.717, 1.165) is 4.88 Å². The van der Waals surface area contributed by atoms with Gasteiger partial charge in [0.2, 0.25) is 5.56 Å². The molecule has 0 atom stereocenters. The number of aromatic amines is 1. The van der Waals surface area contributed by atoms with Crippen molar-refractivity contribution in [2.75, 3.05) is 0 Å². The van der Waals surface area contributed by atoms with Crippen molar-refractivity contribution < 1.29 is 4.79 Å². The molecule has 4 nitrogen and oxygen atoms in total. The molecule has 0 aromatic carbocycles. The second-order valence-corrected chi connectivity index (χ2v) is 5.42. The van der Waals surface area contributed by atoms with E-state index in [0.29, 0.717) is 12.1 Å². The van der Waals surface area contributed by atoms with Crippen LogP contribution < -0.4 is 10.9 Å². The first-order chi connectivity index (χ1) is 8.56. The van der Waals surface area contributed by atoms with Crippen LogP contribution in [-0.2, 0) is 6.54 Å². The van der Waals surface area contributed by atoms with Crippen LogP contribution in [-0.4, -0.2) is 10.9 Å². The number of amides is 1. The van der Waals surface area contributed by atoms with Crippen molar-refractivity contribution in [3.8, 4) is 0 Å². The third kappa shape index (κ3) is 2.87. The average molecular weight is 262 g/mol. The van der Waals surface area contributed by atoms with Gasteiger partial charge in [0.15, 0.2) is 0 Å². The maximum absolute atomic E-state index is 11.8. The van der Waals surface area contributed by atoms with Crippen molar-refractivity contribution in [2.24, 2.45) is 0 Å². The lowest BCUT2D eigenvalue weighted by atomic mass is 10.2. The Morgan fingerprint density at radius 2 is 2.17 bits per heavy atom. The monoisotopic (exact) mass is 262 g/mol. The number of H-pyrrole nitrogens is 1. The highest BCUT2D eigenvalue weighted by atomic mass is 32.1. The van der Waals surface area contributed by atoms with Gasteiger partial charge in [-0.2, -0.15) is 0 Å². The molecule has 0 bridgehead atoms. The van der Waals surface area contributed by atoms with Crippen LogP contribution >= 0.6 is 11.3 Å². The van der Waals surface area contributed by atoms with E-state index in [1.54, 1.807) is 17.4 Å². The first kappa shape index (κ1) is 12.6. The molecule has 0 saturated heterocycles. The van der Waals surface area contributed by atoms with Crippen LogP contribution in [0.15, 0.2) is 29.2 Å². The van der Waals surface area contributed by atoms with Crippen LogP contribution in [0.5, 0.6) is 0 Å². The fourth-order valence-corrected chi connectivity index (χ4v) is 2.59. The van der Waals surface area contributed by atoms with Crippen molar-refractivity contribution in [1.29, 1.82) is 0 Å². The second kappa shape index (κ2) is 5.18. The van der Waals surface area contributed by atoms with Crippen LogP contribution in [0.25, 0.3) is 0 Å². The largest absolute Gasteiger partial charge is 0.347 e. The first-order valence-electron chi connectivity index (χ1n) is 5.59. The van der Waals surface area contributed by atoms with E-state index in [9.17, 15) is 9.59 Å². The highest BCUT2D eigenvalue weighted by Gasteiger charge is 2.07. The van der Waals surface area contributed by atoms with Gasteiger partial charge >= 0.3 is 0 Å². The van der Waals surface area contributed by atoms with E-state index >= 15 is 0 Å². The fraction of sp³-hybridized carbons (Fsp3) is 0.231. The molecule has 1 amide bonds. The zero-order valence-electron chi connectivity index (χ0n) is 10.2. The van der Waals surface area contributed by atoms with Gasteiger partial charge in [-0.05, 0) is 31.5 Å². The van der Waals surface area contributed by atoms with Crippen molar-refractivity contribution in [3.05, 3.63) is 55.6 Å². The molecule has 0 spiro atoms. The van der Waals surface area contributed by atoms with Gasteiger partial charge in [-0.3, -0.25) is 9.59 Å². The SMILES string of the molecule is Cc1cc(CNC(=O)c2cc[nH]c(=O)c2)sc1C. The minimum Gasteiger partial charge on any atom is -0.347 e. The smallest absolute Gasteiger partial charge is 0.251 e. The van der Waals surface area contributed by atoms with E-state index in [-0.39, 0.29) is 11.5 Å². The maximum atomic E-state index is 11.8. The van der Waals surface area contributed by atoms with Crippen molar-refractivity contribution in [3.63, 3.8) is 0 Å². The zero-order valence-corrected chi connectivity index (χ0v) is 11.1. The average Bonchev–Trinajstić information content (AvgIpc) is 2.66. The molecular formula is C13H14N2O2S. The summed E-state index contributed by atoms with van der Waals surface area (Å²) in [5.41, 5.74) is 1.34. The predicted molar refractivity (Wildman–Crippen MR) is 72.0 cm³/mol. The van der Waals surface area contributed by atoms with Gasteiger partial charge in [0.25, 0.3) is 5.91 Å². The molecule has 18 heavy (non-hydrogen) atoms. The summed E-state index contributed by atoms with van der Waals surface area (Å²) in [6.07, 6.45) is 1.47. The van der Waals surface area contributed by atoms with Gasteiger partial charge in [-0.25, -0.2) is 0 Å². The number of hydrogen-bond acceptors (Lipinski definition) is 3. The van der Waals surface area contributed by atoms with Gasteiger partial charge in [0, 0.05) is 27.6 Å². The molecular weight excluding hydrogens is 248 g/mol. The molecule has 2 aromatic rings. The minimum atomic E-state index is -0.273. The molecule has 5 heteroatoms. The Kier molecular flexibility index (Phi) is 3.62. The summed E-state index contributed by atoms with van der Waals surface area (Å²) in [6, 6.07) is 4.94. The number of carbonyl (C=O) groups is 1. The minimum absolute atomic E-state index is 0.232. The van der Waals surface area contributed by atoms with E-state index in [2.05, 4.69) is 23.3 Å². The number of rotatable bonds is 3. The lowest BCUT2D eigenvalue weighted by molar-refractivity contribution is 0.0951. The summed E-state index contributed by atoms with van der Waals surface area (Å²) in [5.74, 6) is -0.232. The normalized spacial score (nSPS) is 10.3. The van der Waals surface area contributed by atoms with Crippen LogP contribution in [0.4, 0.5) is 0 Å². The van der Waals surface area contributed by atoms with Crippen LogP contribution in [0, 0.1) is 13.8 Å². The van der Waals surface area contributed by atoms with Gasteiger partial charge in [0.1, 0.15) is 0 Å². The Morgan fingerprint density at radius 3 is 2.78 bits per heavy atom. The van der Waals surface area contributed by atoms with Crippen molar-refractivity contribution in [1.82, 2.24) is 10.3 Å². The van der Waals surface area contributed by atoms with Gasteiger partial charge in [0.05, 0.1) is 6.54 Å². The van der Waals surface area contributed by atoms with E-state index in [1.165, 1.54) is 22.7 Å². The summed E-state index contributed by atoms with van der Waals surface area (Å²) in [4.78, 5) is 27.7. The van der Waals surface area contributed by atoms with Gasteiger partial charge in [-0.15, -0.1) is 11.3 Å². The molecule has 2 heterocycles. The molecule has 0 unspecified atom stereocenters. The molecule has 0 radical (unpaired) electrons. The van der Waals surface area contributed by atoms with Crippen LogP contribution in [0.2, 0.25) is 0 Å².